The third kappa shape index (κ3) is 2.68. The largest absolute Gasteiger partial charge is 0.593 e. The molecule has 2 heterocycles. The zero-order valence-electron chi connectivity index (χ0n) is 13.4. The summed E-state index contributed by atoms with van der Waals surface area (Å²) >= 11 is -1.28. The van der Waals surface area contributed by atoms with Gasteiger partial charge in [0.25, 0.3) is 0 Å². The van der Waals surface area contributed by atoms with E-state index in [1.165, 1.54) is 0 Å². The molecule has 0 aliphatic carbocycles. The minimum absolute atomic E-state index is 0.266. The summed E-state index contributed by atoms with van der Waals surface area (Å²) in [4.78, 5) is 24.2. The number of fused-ring (bicyclic) bond motifs is 3. The van der Waals surface area contributed by atoms with Gasteiger partial charge in [-0.25, -0.2) is 0 Å². The molecule has 0 bridgehead atoms. The van der Waals surface area contributed by atoms with Gasteiger partial charge in [0.05, 0.1) is 22.7 Å². The standard InChI is InChI=1S/C17H15N3O4S/c1-18-25(23)10-3-4-11-9(8-10)2-6-13-15(11)16(20-24-13)12-5-7-14(21)19-17(12)22/h2-4,6,8,12,18H,5,7H2,1H3,(H,19,21,22). The van der Waals surface area contributed by atoms with E-state index in [-0.39, 0.29) is 18.2 Å². The summed E-state index contributed by atoms with van der Waals surface area (Å²) in [5, 5.41) is 8.96. The maximum Gasteiger partial charge on any atom is 0.235 e. The second kappa shape index (κ2) is 6.14. The Morgan fingerprint density at radius 2 is 2.16 bits per heavy atom. The van der Waals surface area contributed by atoms with Gasteiger partial charge in [-0.05, 0) is 35.4 Å². The molecule has 2 aromatic carbocycles. The molecular weight excluding hydrogens is 342 g/mol. The van der Waals surface area contributed by atoms with Crippen LogP contribution in [0.3, 0.4) is 0 Å². The molecule has 2 unspecified atom stereocenters. The van der Waals surface area contributed by atoms with Crippen LogP contribution >= 0.6 is 0 Å². The van der Waals surface area contributed by atoms with Crippen molar-refractivity contribution in [2.45, 2.75) is 23.7 Å². The summed E-state index contributed by atoms with van der Waals surface area (Å²) in [6.07, 6.45) is 0.686. The molecule has 0 spiro atoms. The summed E-state index contributed by atoms with van der Waals surface area (Å²) in [5.74, 6) is -1.13. The van der Waals surface area contributed by atoms with Crippen molar-refractivity contribution in [3.05, 3.63) is 36.0 Å². The van der Waals surface area contributed by atoms with Crippen molar-refractivity contribution in [1.29, 1.82) is 0 Å². The molecule has 1 saturated heterocycles. The average molecular weight is 357 g/mol. The van der Waals surface area contributed by atoms with Crippen LogP contribution in [0.1, 0.15) is 24.5 Å². The monoisotopic (exact) mass is 357 g/mol. The molecule has 1 fully saturated rings. The molecule has 1 aliphatic heterocycles. The Morgan fingerprint density at radius 3 is 2.92 bits per heavy atom. The number of imide groups is 1. The van der Waals surface area contributed by atoms with Crippen LogP contribution < -0.4 is 10.0 Å². The summed E-state index contributed by atoms with van der Waals surface area (Å²) in [6.45, 7) is 0. The number of rotatable bonds is 3. The Morgan fingerprint density at radius 1 is 1.32 bits per heavy atom. The number of nitrogens with one attached hydrogen (secondary N) is 2. The number of amides is 2. The number of hydrogen-bond donors (Lipinski definition) is 2. The van der Waals surface area contributed by atoms with Gasteiger partial charge in [0.15, 0.2) is 10.5 Å². The van der Waals surface area contributed by atoms with Crippen molar-refractivity contribution in [1.82, 2.24) is 15.2 Å². The van der Waals surface area contributed by atoms with E-state index in [4.69, 9.17) is 4.52 Å². The fraction of sp³-hybridized carbons (Fsp3) is 0.235. The number of piperidine rings is 1. The smallest absolute Gasteiger partial charge is 0.235 e. The molecule has 1 aliphatic rings. The van der Waals surface area contributed by atoms with Crippen LogP contribution in [0.2, 0.25) is 0 Å². The van der Waals surface area contributed by atoms with E-state index in [9.17, 15) is 14.1 Å². The first-order valence-corrected chi connectivity index (χ1v) is 8.98. The molecular formula is C17H15N3O4S. The summed E-state index contributed by atoms with van der Waals surface area (Å²) in [6, 6.07) is 9.12. The van der Waals surface area contributed by atoms with Crippen molar-refractivity contribution in [2.75, 3.05) is 7.05 Å². The third-order valence-corrected chi connectivity index (χ3v) is 5.47. The predicted molar refractivity (Wildman–Crippen MR) is 92.1 cm³/mol. The Bertz CT molecular complexity index is 1000. The van der Waals surface area contributed by atoms with Gasteiger partial charge >= 0.3 is 0 Å². The minimum atomic E-state index is -1.28. The van der Waals surface area contributed by atoms with Gasteiger partial charge in [-0.1, -0.05) is 11.2 Å². The van der Waals surface area contributed by atoms with Gasteiger partial charge in [-0.2, -0.15) is 0 Å². The number of nitrogens with zero attached hydrogens (tertiary/aromatic N) is 1. The van der Waals surface area contributed by atoms with E-state index in [1.807, 2.05) is 18.2 Å². The van der Waals surface area contributed by atoms with Crippen molar-refractivity contribution in [3.63, 3.8) is 0 Å². The van der Waals surface area contributed by atoms with Gasteiger partial charge in [-0.15, -0.1) is 4.72 Å². The summed E-state index contributed by atoms with van der Waals surface area (Å²) in [7, 11) is 1.63. The van der Waals surface area contributed by atoms with Gasteiger partial charge in [0.2, 0.25) is 11.8 Å². The molecule has 25 heavy (non-hydrogen) atoms. The van der Waals surface area contributed by atoms with Crippen molar-refractivity contribution in [2.24, 2.45) is 0 Å². The molecule has 2 atom stereocenters. The summed E-state index contributed by atoms with van der Waals surface area (Å²) in [5.41, 5.74) is 1.11. The third-order valence-electron chi connectivity index (χ3n) is 4.42. The minimum Gasteiger partial charge on any atom is -0.593 e. The Labute approximate surface area is 146 Å². The van der Waals surface area contributed by atoms with Gasteiger partial charge in [0.1, 0.15) is 5.69 Å². The van der Waals surface area contributed by atoms with E-state index in [1.54, 1.807) is 19.2 Å². The fourth-order valence-electron chi connectivity index (χ4n) is 3.20. The zero-order chi connectivity index (χ0) is 17.6. The Hall–Kier alpha value is -2.42. The second-order valence-electron chi connectivity index (χ2n) is 5.87. The highest BCUT2D eigenvalue weighted by atomic mass is 32.2. The van der Waals surface area contributed by atoms with E-state index in [2.05, 4.69) is 15.2 Å². The number of hydrogen-bond acceptors (Lipinski definition) is 6. The number of carbonyl (C=O) groups excluding carboxylic acids is 2. The lowest BCUT2D eigenvalue weighted by Crippen LogP contribution is -2.39. The van der Waals surface area contributed by atoms with E-state index in [0.717, 1.165) is 16.2 Å². The van der Waals surface area contributed by atoms with Gasteiger partial charge in [0, 0.05) is 19.5 Å². The molecule has 7 nitrogen and oxygen atoms in total. The predicted octanol–water partition coefficient (Wildman–Crippen LogP) is 1.74. The van der Waals surface area contributed by atoms with Crippen LogP contribution in [0.4, 0.5) is 0 Å². The number of benzene rings is 2. The van der Waals surface area contributed by atoms with Crippen LogP contribution in [0, 0.1) is 0 Å². The van der Waals surface area contributed by atoms with Crippen LogP contribution in [0.15, 0.2) is 39.8 Å². The molecule has 8 heteroatoms. The molecule has 0 saturated carbocycles. The summed E-state index contributed by atoms with van der Waals surface area (Å²) < 4.78 is 20.0. The van der Waals surface area contributed by atoms with Crippen LogP contribution in [0.5, 0.6) is 0 Å². The lowest BCUT2D eigenvalue weighted by Gasteiger charge is -2.19. The number of aromatic nitrogens is 1. The lowest BCUT2D eigenvalue weighted by atomic mass is 9.91. The van der Waals surface area contributed by atoms with E-state index < -0.39 is 17.3 Å². The van der Waals surface area contributed by atoms with Crippen molar-refractivity contribution in [3.8, 4) is 0 Å². The van der Waals surface area contributed by atoms with Crippen molar-refractivity contribution >= 4 is 44.9 Å². The topological polar surface area (TPSA) is 107 Å². The highest BCUT2D eigenvalue weighted by Crippen LogP contribution is 2.35. The molecule has 4 rings (SSSR count). The first kappa shape index (κ1) is 16.1. The first-order chi connectivity index (χ1) is 12.1. The van der Waals surface area contributed by atoms with Gasteiger partial charge in [-0.3, -0.25) is 14.9 Å². The normalized spacial score (nSPS) is 19.4. The van der Waals surface area contributed by atoms with Gasteiger partial charge < -0.3 is 9.08 Å². The first-order valence-electron chi connectivity index (χ1n) is 7.83. The van der Waals surface area contributed by atoms with E-state index in [0.29, 0.717) is 22.6 Å². The average Bonchev–Trinajstić information content (AvgIpc) is 3.04. The zero-order valence-corrected chi connectivity index (χ0v) is 14.2. The maximum atomic E-state index is 12.2. The molecule has 128 valence electrons. The Balaban J connectivity index is 1.87. The molecule has 2 N–H and O–H groups in total. The molecule has 1 aromatic heterocycles. The molecule has 3 aromatic rings. The fourth-order valence-corrected chi connectivity index (χ4v) is 3.86. The highest BCUT2D eigenvalue weighted by molar-refractivity contribution is 7.89. The quantitative estimate of drug-likeness (QED) is 0.546. The highest BCUT2D eigenvalue weighted by Gasteiger charge is 2.32. The molecule has 0 radical (unpaired) electrons. The van der Waals surface area contributed by atoms with Crippen LogP contribution in [-0.4, -0.2) is 28.6 Å². The van der Waals surface area contributed by atoms with Crippen molar-refractivity contribution < 1.29 is 18.7 Å². The second-order valence-corrected chi connectivity index (χ2v) is 7.28. The lowest BCUT2D eigenvalue weighted by molar-refractivity contribution is -0.134. The van der Waals surface area contributed by atoms with Crippen LogP contribution in [0.25, 0.3) is 21.7 Å². The van der Waals surface area contributed by atoms with E-state index >= 15 is 0 Å². The number of carbonyl (C=O) groups is 2. The maximum absolute atomic E-state index is 12.2. The SMILES string of the molecule is CN[S+]([O-])c1ccc2c(ccc3onc(C4CCC(=O)NC4=O)c32)c1. The Kier molecular flexibility index (Phi) is 3.95. The van der Waals surface area contributed by atoms with Crippen LogP contribution in [-0.2, 0) is 21.0 Å². The molecule has 2 amide bonds.